The van der Waals surface area contributed by atoms with Crippen LogP contribution >= 0.6 is 0 Å². The van der Waals surface area contributed by atoms with Gasteiger partial charge in [-0.3, -0.25) is 4.79 Å². The highest BCUT2D eigenvalue weighted by Crippen LogP contribution is 2.25. The molecule has 0 unspecified atom stereocenters. The summed E-state index contributed by atoms with van der Waals surface area (Å²) in [5, 5.41) is 8.00. The minimum Gasteiger partial charge on any atom is -0.336 e. The number of aromatic nitrogens is 5. The van der Waals surface area contributed by atoms with Crippen LogP contribution in [0.25, 0.3) is 5.69 Å². The fraction of sp³-hybridized carbons (Fsp3) is 0.381. The van der Waals surface area contributed by atoms with Crippen molar-refractivity contribution in [2.24, 2.45) is 0 Å². The molecule has 0 spiro atoms. The maximum atomic E-state index is 13.8. The summed E-state index contributed by atoms with van der Waals surface area (Å²) in [6, 6.07) is 3.65. The molecular formula is C21H23F3N6O. The SMILES string of the molecule is CCN(C(=O)c1ccc(F)cc1-n1nccn1)[C@@H](C)CCc1ncc(C(C)(F)F)cn1. The summed E-state index contributed by atoms with van der Waals surface area (Å²) in [5.74, 6) is -3.36. The number of hydrogen-bond donors (Lipinski definition) is 0. The van der Waals surface area contributed by atoms with Gasteiger partial charge in [-0.15, -0.1) is 0 Å². The van der Waals surface area contributed by atoms with Gasteiger partial charge in [-0.1, -0.05) is 0 Å². The van der Waals surface area contributed by atoms with Gasteiger partial charge in [0.1, 0.15) is 17.3 Å². The van der Waals surface area contributed by atoms with Crippen LogP contribution in [0.1, 0.15) is 48.9 Å². The van der Waals surface area contributed by atoms with Gasteiger partial charge in [-0.25, -0.2) is 23.1 Å². The maximum Gasteiger partial charge on any atom is 0.273 e. The zero-order valence-electron chi connectivity index (χ0n) is 17.5. The van der Waals surface area contributed by atoms with Crippen molar-refractivity contribution in [3.8, 4) is 5.69 Å². The number of halogens is 3. The standard InChI is InChI=1S/C21H23F3N6O/c1-4-29(14(2)5-8-19-25-12-15(13-26-19)21(3,23)24)20(31)17-7-6-16(22)11-18(17)30-27-9-10-28-30/h6-7,9-14H,4-5,8H2,1-3H3/t14-/m0/s1. The lowest BCUT2D eigenvalue weighted by Crippen LogP contribution is -2.39. The number of nitrogens with zero attached hydrogens (tertiary/aromatic N) is 6. The van der Waals surface area contributed by atoms with Crippen molar-refractivity contribution in [2.75, 3.05) is 6.54 Å². The number of carbonyl (C=O) groups excluding carboxylic acids is 1. The fourth-order valence-corrected chi connectivity index (χ4v) is 3.21. The summed E-state index contributed by atoms with van der Waals surface area (Å²) < 4.78 is 40.4. The van der Waals surface area contributed by atoms with Crippen molar-refractivity contribution in [3.63, 3.8) is 0 Å². The molecule has 0 aliphatic rings. The number of alkyl halides is 2. The highest BCUT2D eigenvalue weighted by Gasteiger charge is 2.26. The number of carbonyl (C=O) groups is 1. The van der Waals surface area contributed by atoms with Gasteiger partial charge in [0, 0.05) is 44.4 Å². The summed E-state index contributed by atoms with van der Waals surface area (Å²) in [7, 11) is 0. The first-order chi connectivity index (χ1) is 14.7. The molecule has 1 aromatic carbocycles. The highest BCUT2D eigenvalue weighted by atomic mass is 19.3. The molecule has 0 radical (unpaired) electrons. The van der Waals surface area contributed by atoms with E-state index >= 15 is 0 Å². The Labute approximate surface area is 177 Å². The molecular weight excluding hydrogens is 409 g/mol. The molecule has 0 aliphatic heterocycles. The number of amides is 1. The maximum absolute atomic E-state index is 13.8. The number of benzene rings is 1. The van der Waals surface area contributed by atoms with E-state index in [1.54, 1.807) is 4.90 Å². The molecule has 0 bridgehead atoms. The Kier molecular flexibility index (Phi) is 6.67. The summed E-state index contributed by atoms with van der Waals surface area (Å²) in [5.41, 5.74) is 0.280. The largest absolute Gasteiger partial charge is 0.336 e. The minimum absolute atomic E-state index is 0.197. The van der Waals surface area contributed by atoms with Gasteiger partial charge in [0.2, 0.25) is 0 Å². The minimum atomic E-state index is -2.99. The molecule has 0 fully saturated rings. The van der Waals surface area contributed by atoms with Crippen LogP contribution in [0.15, 0.2) is 43.0 Å². The van der Waals surface area contributed by atoms with Crippen LogP contribution in [0.3, 0.4) is 0 Å². The van der Waals surface area contributed by atoms with Gasteiger partial charge in [0.15, 0.2) is 0 Å². The normalized spacial score (nSPS) is 12.6. The van der Waals surface area contributed by atoms with Gasteiger partial charge in [0.05, 0.1) is 23.5 Å². The van der Waals surface area contributed by atoms with Gasteiger partial charge in [0.25, 0.3) is 11.8 Å². The first-order valence-electron chi connectivity index (χ1n) is 9.87. The smallest absolute Gasteiger partial charge is 0.273 e. The van der Waals surface area contributed by atoms with E-state index in [0.717, 1.165) is 19.3 Å². The zero-order chi connectivity index (χ0) is 22.6. The predicted octanol–water partition coefficient (Wildman–Crippen LogP) is 3.79. The van der Waals surface area contributed by atoms with E-state index in [0.29, 0.717) is 25.2 Å². The molecule has 3 aromatic rings. The topological polar surface area (TPSA) is 76.8 Å². The number of aryl methyl sites for hydroxylation is 1. The molecule has 164 valence electrons. The third-order valence-corrected chi connectivity index (χ3v) is 4.96. The molecule has 10 heteroatoms. The van der Waals surface area contributed by atoms with Gasteiger partial charge < -0.3 is 4.90 Å². The van der Waals surface area contributed by atoms with Gasteiger partial charge >= 0.3 is 0 Å². The van der Waals surface area contributed by atoms with Crippen molar-refractivity contribution >= 4 is 5.91 Å². The third kappa shape index (κ3) is 5.25. The van der Waals surface area contributed by atoms with E-state index < -0.39 is 11.7 Å². The molecule has 0 saturated carbocycles. The van der Waals surface area contributed by atoms with Crippen LogP contribution in [0.5, 0.6) is 0 Å². The van der Waals surface area contributed by atoms with E-state index in [2.05, 4.69) is 20.2 Å². The summed E-state index contributed by atoms with van der Waals surface area (Å²) >= 11 is 0. The monoisotopic (exact) mass is 432 g/mol. The average Bonchev–Trinajstić information content (AvgIpc) is 3.27. The molecule has 31 heavy (non-hydrogen) atoms. The van der Waals surface area contributed by atoms with Gasteiger partial charge in [-0.2, -0.15) is 15.0 Å². The fourth-order valence-electron chi connectivity index (χ4n) is 3.21. The predicted molar refractivity (Wildman–Crippen MR) is 107 cm³/mol. The Balaban J connectivity index is 1.74. The lowest BCUT2D eigenvalue weighted by Gasteiger charge is -2.28. The zero-order valence-corrected chi connectivity index (χ0v) is 17.5. The van der Waals surface area contributed by atoms with Crippen LogP contribution in [0, 0.1) is 5.82 Å². The number of hydrogen-bond acceptors (Lipinski definition) is 5. The van der Waals surface area contributed by atoms with Crippen molar-refractivity contribution in [1.82, 2.24) is 29.9 Å². The molecule has 0 aliphatic carbocycles. The molecule has 7 nitrogen and oxygen atoms in total. The second-order valence-corrected chi connectivity index (χ2v) is 7.24. The van der Waals surface area contributed by atoms with E-state index in [9.17, 15) is 18.0 Å². The summed E-state index contributed by atoms with van der Waals surface area (Å²) in [6.07, 6.45) is 6.07. The van der Waals surface area contributed by atoms with Crippen LogP contribution in [0.2, 0.25) is 0 Å². The molecule has 1 atom stereocenters. The second kappa shape index (κ2) is 9.23. The van der Waals surface area contributed by atoms with Crippen LogP contribution in [-0.4, -0.2) is 48.4 Å². The van der Waals surface area contributed by atoms with E-state index in [1.807, 2.05) is 13.8 Å². The quantitative estimate of drug-likeness (QED) is 0.541. The molecule has 2 heterocycles. The first-order valence-corrected chi connectivity index (χ1v) is 9.87. The lowest BCUT2D eigenvalue weighted by atomic mass is 10.1. The first kappa shape index (κ1) is 22.4. The van der Waals surface area contributed by atoms with Crippen molar-refractivity contribution in [3.05, 3.63) is 65.8 Å². The van der Waals surface area contributed by atoms with Crippen LogP contribution < -0.4 is 0 Å². The van der Waals surface area contributed by atoms with Gasteiger partial charge in [-0.05, 0) is 32.4 Å². The summed E-state index contributed by atoms with van der Waals surface area (Å²) in [4.78, 5) is 24.1. The molecule has 0 saturated heterocycles. The van der Waals surface area contributed by atoms with Crippen LogP contribution in [0.4, 0.5) is 13.2 Å². The lowest BCUT2D eigenvalue weighted by molar-refractivity contribution is 0.0166. The van der Waals surface area contributed by atoms with E-state index in [4.69, 9.17) is 0 Å². The third-order valence-electron chi connectivity index (χ3n) is 4.96. The van der Waals surface area contributed by atoms with Crippen molar-refractivity contribution in [2.45, 2.75) is 45.6 Å². The van der Waals surface area contributed by atoms with E-state index in [1.165, 1.54) is 35.4 Å². The molecule has 1 amide bonds. The summed E-state index contributed by atoms with van der Waals surface area (Å²) in [6.45, 7) is 4.94. The Morgan fingerprint density at radius 1 is 1.19 bits per heavy atom. The Bertz CT molecular complexity index is 1020. The molecule has 0 N–H and O–H groups in total. The number of rotatable bonds is 8. The molecule has 3 rings (SSSR count). The van der Waals surface area contributed by atoms with E-state index in [-0.39, 0.29) is 28.8 Å². The second-order valence-electron chi connectivity index (χ2n) is 7.24. The average molecular weight is 432 g/mol. The Hall–Kier alpha value is -3.30. The Morgan fingerprint density at radius 2 is 1.84 bits per heavy atom. The van der Waals surface area contributed by atoms with Crippen molar-refractivity contribution < 1.29 is 18.0 Å². The highest BCUT2D eigenvalue weighted by molar-refractivity contribution is 5.97. The van der Waals surface area contributed by atoms with Crippen molar-refractivity contribution in [1.29, 1.82) is 0 Å². The Morgan fingerprint density at radius 3 is 2.42 bits per heavy atom. The van der Waals surface area contributed by atoms with Crippen LogP contribution in [-0.2, 0) is 12.3 Å². The molecule has 2 aromatic heterocycles.